The van der Waals surface area contributed by atoms with Gasteiger partial charge in [-0.25, -0.2) is 14.4 Å². The quantitative estimate of drug-likeness (QED) is 0.442. The molecule has 2 heterocycles. The number of hydrogen-bond donors (Lipinski definition) is 1. The molecule has 0 aliphatic heterocycles. The molecule has 0 amide bonds. The average Bonchev–Trinajstić information content (AvgIpc) is 2.97. The van der Waals surface area contributed by atoms with E-state index in [1.54, 1.807) is 18.2 Å². The van der Waals surface area contributed by atoms with Crippen molar-refractivity contribution in [1.82, 2.24) is 9.97 Å². The fraction of sp³-hybridized carbons (Fsp3) is 0.0526. The molecule has 2 aromatic heterocycles. The van der Waals surface area contributed by atoms with Crippen molar-refractivity contribution in [3.05, 3.63) is 70.2 Å². The second-order valence-corrected chi connectivity index (χ2v) is 6.56. The summed E-state index contributed by atoms with van der Waals surface area (Å²) in [5.41, 5.74) is 2.85. The zero-order valence-corrected chi connectivity index (χ0v) is 15.1. The molecule has 26 heavy (non-hydrogen) atoms. The smallest absolute Gasteiger partial charge is 0.232 e. The summed E-state index contributed by atoms with van der Waals surface area (Å²) in [6.07, 6.45) is 1.41. The molecular weight excluding hydrogens is 376 g/mol. The van der Waals surface area contributed by atoms with Crippen LogP contribution in [0, 0.1) is 12.7 Å². The first-order chi connectivity index (χ1) is 12.5. The Labute approximate surface area is 158 Å². The predicted molar refractivity (Wildman–Crippen MR) is 102 cm³/mol. The van der Waals surface area contributed by atoms with Crippen molar-refractivity contribution in [2.24, 2.45) is 0 Å². The Bertz CT molecular complexity index is 1110. The molecule has 0 saturated carbocycles. The van der Waals surface area contributed by atoms with Gasteiger partial charge in [-0.15, -0.1) is 0 Å². The SMILES string of the molecule is Cc1c(-c2ccc(Cl)cc2)oc2ncnc(Nc3ccc(F)c(Cl)c3)c12. The van der Waals surface area contributed by atoms with Crippen LogP contribution in [0.15, 0.2) is 53.2 Å². The van der Waals surface area contributed by atoms with Crippen molar-refractivity contribution in [3.8, 4) is 11.3 Å². The van der Waals surface area contributed by atoms with Crippen LogP contribution in [0.25, 0.3) is 22.4 Å². The van der Waals surface area contributed by atoms with E-state index in [9.17, 15) is 4.39 Å². The maximum atomic E-state index is 13.4. The van der Waals surface area contributed by atoms with E-state index in [1.165, 1.54) is 18.5 Å². The Morgan fingerprint density at radius 2 is 1.81 bits per heavy atom. The van der Waals surface area contributed by atoms with Gasteiger partial charge < -0.3 is 9.73 Å². The van der Waals surface area contributed by atoms with Gasteiger partial charge >= 0.3 is 0 Å². The van der Waals surface area contributed by atoms with Crippen LogP contribution in [0.2, 0.25) is 10.0 Å². The molecule has 4 aromatic rings. The van der Waals surface area contributed by atoms with Gasteiger partial charge in [0.15, 0.2) is 0 Å². The van der Waals surface area contributed by atoms with Crippen LogP contribution >= 0.6 is 23.2 Å². The van der Waals surface area contributed by atoms with E-state index in [-0.39, 0.29) is 5.02 Å². The van der Waals surface area contributed by atoms with Gasteiger partial charge in [-0.1, -0.05) is 23.2 Å². The van der Waals surface area contributed by atoms with Crippen molar-refractivity contribution in [2.45, 2.75) is 6.92 Å². The second kappa shape index (κ2) is 6.59. The van der Waals surface area contributed by atoms with Crippen molar-refractivity contribution in [1.29, 1.82) is 0 Å². The number of aryl methyl sites for hydroxylation is 1. The molecule has 130 valence electrons. The number of benzene rings is 2. The zero-order chi connectivity index (χ0) is 18.3. The number of hydrogen-bond acceptors (Lipinski definition) is 4. The maximum Gasteiger partial charge on any atom is 0.232 e. The number of nitrogens with one attached hydrogen (secondary N) is 1. The van der Waals surface area contributed by atoms with E-state index < -0.39 is 5.82 Å². The number of nitrogens with zero attached hydrogens (tertiary/aromatic N) is 2. The lowest BCUT2D eigenvalue weighted by molar-refractivity contribution is 0.615. The number of furan rings is 1. The second-order valence-electron chi connectivity index (χ2n) is 5.72. The Morgan fingerprint density at radius 1 is 1.04 bits per heavy atom. The molecule has 0 saturated heterocycles. The average molecular weight is 388 g/mol. The molecule has 4 rings (SSSR count). The molecule has 1 N–H and O–H groups in total. The Hall–Kier alpha value is -2.63. The summed E-state index contributed by atoms with van der Waals surface area (Å²) in [5.74, 6) is 0.770. The lowest BCUT2D eigenvalue weighted by Crippen LogP contribution is -1.96. The van der Waals surface area contributed by atoms with E-state index in [4.69, 9.17) is 27.6 Å². The van der Waals surface area contributed by atoms with Crippen LogP contribution in [0.1, 0.15) is 5.56 Å². The fourth-order valence-electron chi connectivity index (χ4n) is 2.75. The summed E-state index contributed by atoms with van der Waals surface area (Å²) >= 11 is 11.8. The number of aromatic nitrogens is 2. The molecule has 4 nitrogen and oxygen atoms in total. The summed E-state index contributed by atoms with van der Waals surface area (Å²) in [6.45, 7) is 1.93. The van der Waals surface area contributed by atoms with Gasteiger partial charge in [0, 0.05) is 21.8 Å². The highest BCUT2D eigenvalue weighted by molar-refractivity contribution is 6.31. The Balaban J connectivity index is 1.81. The lowest BCUT2D eigenvalue weighted by atomic mass is 10.1. The first-order valence-electron chi connectivity index (χ1n) is 7.75. The highest BCUT2D eigenvalue weighted by atomic mass is 35.5. The molecule has 0 aliphatic carbocycles. The van der Waals surface area contributed by atoms with Gasteiger partial charge in [-0.3, -0.25) is 0 Å². The third-order valence-electron chi connectivity index (χ3n) is 4.02. The molecular formula is C19H12Cl2FN3O. The number of rotatable bonds is 3. The Kier molecular flexibility index (Phi) is 4.26. The van der Waals surface area contributed by atoms with Gasteiger partial charge in [-0.05, 0) is 49.4 Å². The summed E-state index contributed by atoms with van der Waals surface area (Å²) < 4.78 is 19.3. The molecule has 0 radical (unpaired) electrons. The lowest BCUT2D eigenvalue weighted by Gasteiger charge is -2.07. The van der Waals surface area contributed by atoms with E-state index in [0.717, 1.165) is 16.5 Å². The van der Waals surface area contributed by atoms with Gasteiger partial charge in [0.05, 0.1) is 10.4 Å². The largest absolute Gasteiger partial charge is 0.437 e. The minimum atomic E-state index is -0.477. The summed E-state index contributed by atoms with van der Waals surface area (Å²) in [4.78, 5) is 8.51. The fourth-order valence-corrected chi connectivity index (χ4v) is 3.06. The molecule has 0 spiro atoms. The Morgan fingerprint density at radius 3 is 2.54 bits per heavy atom. The predicted octanol–water partition coefficient (Wildman–Crippen LogP) is 6.39. The summed E-state index contributed by atoms with van der Waals surface area (Å²) in [5, 5.41) is 4.58. The van der Waals surface area contributed by atoms with E-state index in [2.05, 4.69) is 15.3 Å². The minimum Gasteiger partial charge on any atom is -0.437 e. The minimum absolute atomic E-state index is 0.0334. The van der Waals surface area contributed by atoms with Crippen molar-refractivity contribution >= 4 is 45.8 Å². The molecule has 0 aliphatic rings. The first-order valence-corrected chi connectivity index (χ1v) is 8.50. The standard InChI is InChI=1S/C19H12Cl2FN3O/c1-10-16-18(25-13-6-7-15(22)14(21)8-13)23-9-24-19(16)26-17(10)11-2-4-12(20)5-3-11/h2-9H,1H3,(H,23,24,25). The molecule has 2 aromatic carbocycles. The van der Waals surface area contributed by atoms with Crippen LogP contribution in [-0.4, -0.2) is 9.97 Å². The van der Waals surface area contributed by atoms with Crippen LogP contribution in [-0.2, 0) is 0 Å². The highest BCUT2D eigenvalue weighted by Gasteiger charge is 2.17. The van der Waals surface area contributed by atoms with E-state index >= 15 is 0 Å². The van der Waals surface area contributed by atoms with Crippen LogP contribution in [0.4, 0.5) is 15.9 Å². The van der Waals surface area contributed by atoms with Gasteiger partial charge in [0.2, 0.25) is 5.71 Å². The van der Waals surface area contributed by atoms with Crippen LogP contribution in [0.3, 0.4) is 0 Å². The number of halogens is 3. The third-order valence-corrected chi connectivity index (χ3v) is 4.56. The van der Waals surface area contributed by atoms with Gasteiger partial charge in [0.1, 0.15) is 23.7 Å². The molecule has 0 fully saturated rings. The topological polar surface area (TPSA) is 51.0 Å². The first kappa shape index (κ1) is 16.8. The maximum absolute atomic E-state index is 13.4. The summed E-state index contributed by atoms with van der Waals surface area (Å²) in [6, 6.07) is 11.7. The molecule has 0 unspecified atom stereocenters. The van der Waals surface area contributed by atoms with Crippen molar-refractivity contribution in [2.75, 3.05) is 5.32 Å². The number of fused-ring (bicyclic) bond motifs is 1. The van der Waals surface area contributed by atoms with Gasteiger partial charge in [-0.2, -0.15) is 0 Å². The van der Waals surface area contributed by atoms with Crippen molar-refractivity contribution in [3.63, 3.8) is 0 Å². The molecule has 0 bridgehead atoms. The molecule has 0 atom stereocenters. The van der Waals surface area contributed by atoms with Crippen LogP contribution < -0.4 is 5.32 Å². The van der Waals surface area contributed by atoms with Crippen molar-refractivity contribution < 1.29 is 8.81 Å². The molecule has 7 heteroatoms. The number of anilines is 2. The monoisotopic (exact) mass is 387 g/mol. The normalized spacial score (nSPS) is 11.1. The zero-order valence-electron chi connectivity index (χ0n) is 13.6. The van der Waals surface area contributed by atoms with E-state index in [0.29, 0.717) is 28.0 Å². The van der Waals surface area contributed by atoms with Crippen LogP contribution in [0.5, 0.6) is 0 Å². The third kappa shape index (κ3) is 3.00. The van der Waals surface area contributed by atoms with Gasteiger partial charge in [0.25, 0.3) is 0 Å². The highest BCUT2D eigenvalue weighted by Crippen LogP contribution is 2.36. The summed E-state index contributed by atoms with van der Waals surface area (Å²) in [7, 11) is 0. The van der Waals surface area contributed by atoms with E-state index in [1.807, 2.05) is 19.1 Å².